The molecule has 0 fully saturated rings. The van der Waals surface area contributed by atoms with Gasteiger partial charge in [0.25, 0.3) is 0 Å². The molecule has 168 valence electrons. The fourth-order valence-electron chi connectivity index (χ4n) is 3.68. The van der Waals surface area contributed by atoms with Crippen molar-refractivity contribution in [1.82, 2.24) is 9.97 Å². The van der Waals surface area contributed by atoms with E-state index < -0.39 is 0 Å². The normalized spacial score (nSPS) is 10.4. The van der Waals surface area contributed by atoms with Gasteiger partial charge in [0.1, 0.15) is 17.6 Å². The molecule has 0 aliphatic heterocycles. The third-order valence-corrected chi connectivity index (χ3v) is 5.39. The van der Waals surface area contributed by atoms with E-state index in [9.17, 15) is 5.26 Å². The number of anilines is 5. The van der Waals surface area contributed by atoms with E-state index in [1.807, 2.05) is 84.9 Å². The smallest absolute Gasteiger partial charge is 0.141 e. The van der Waals surface area contributed by atoms with E-state index in [0.717, 1.165) is 44.9 Å². The number of aromatic nitrogens is 2. The monoisotopic (exact) mass is 455 g/mol. The second-order valence-electron chi connectivity index (χ2n) is 7.83. The van der Waals surface area contributed by atoms with Crippen LogP contribution in [-0.4, -0.2) is 15.8 Å². The van der Waals surface area contributed by atoms with Crippen molar-refractivity contribution in [1.29, 1.82) is 10.7 Å². The first-order chi connectivity index (χ1) is 17.2. The molecular formula is C28H21N7. The largest absolute Gasteiger partial charge is 0.355 e. The van der Waals surface area contributed by atoms with Crippen molar-refractivity contribution in [2.24, 2.45) is 0 Å². The van der Waals surface area contributed by atoms with Gasteiger partial charge in [-0.15, -0.1) is 0 Å². The quantitative estimate of drug-likeness (QED) is 0.174. The van der Waals surface area contributed by atoms with Gasteiger partial charge in [0.2, 0.25) is 0 Å². The summed E-state index contributed by atoms with van der Waals surface area (Å²) in [7, 11) is 0. The standard InChI is InChI=1S/C28H21N7/c29-18-25-12-7-19-3-1-6-26(27(19)34-25)33-21-10-8-20(9-11-21)28(30)35-24-5-2-4-23(17-24)32-22-13-15-31-16-14-22/h1-17,33H,(H2,30,35)(H,31,32). The van der Waals surface area contributed by atoms with Gasteiger partial charge in [0.15, 0.2) is 0 Å². The molecule has 0 saturated carbocycles. The minimum Gasteiger partial charge on any atom is -0.355 e. The number of rotatable bonds is 6. The van der Waals surface area contributed by atoms with Crippen LogP contribution in [0.4, 0.5) is 28.4 Å². The highest BCUT2D eigenvalue weighted by atomic mass is 15.0. The van der Waals surface area contributed by atoms with Crippen LogP contribution in [0.15, 0.2) is 103 Å². The zero-order chi connectivity index (χ0) is 24.0. The van der Waals surface area contributed by atoms with Gasteiger partial charge in [-0.3, -0.25) is 10.4 Å². The van der Waals surface area contributed by atoms with Crippen LogP contribution in [0, 0.1) is 16.7 Å². The molecule has 3 aromatic carbocycles. The predicted molar refractivity (Wildman–Crippen MR) is 141 cm³/mol. The van der Waals surface area contributed by atoms with Gasteiger partial charge in [-0.1, -0.05) is 18.2 Å². The summed E-state index contributed by atoms with van der Waals surface area (Å²) >= 11 is 0. The van der Waals surface area contributed by atoms with E-state index in [0.29, 0.717) is 11.5 Å². The molecule has 0 saturated heterocycles. The summed E-state index contributed by atoms with van der Waals surface area (Å²) in [4.78, 5) is 8.47. The van der Waals surface area contributed by atoms with Crippen molar-refractivity contribution in [2.75, 3.05) is 16.0 Å². The van der Waals surface area contributed by atoms with Crippen LogP contribution in [0.25, 0.3) is 10.9 Å². The van der Waals surface area contributed by atoms with Crippen LogP contribution in [0.2, 0.25) is 0 Å². The first kappa shape index (κ1) is 21.6. The summed E-state index contributed by atoms with van der Waals surface area (Å²) in [6.07, 6.45) is 3.47. The molecule has 0 unspecified atom stereocenters. The number of benzene rings is 3. The van der Waals surface area contributed by atoms with Gasteiger partial charge >= 0.3 is 0 Å². The second kappa shape index (κ2) is 9.73. The summed E-state index contributed by atoms with van der Waals surface area (Å²) in [5.41, 5.74) is 6.22. The maximum absolute atomic E-state index is 9.18. The molecule has 5 rings (SSSR count). The molecule has 0 atom stereocenters. The lowest BCUT2D eigenvalue weighted by Crippen LogP contribution is -2.12. The molecule has 0 bridgehead atoms. The minimum atomic E-state index is 0.295. The van der Waals surface area contributed by atoms with Crippen molar-refractivity contribution in [2.45, 2.75) is 0 Å². The molecule has 0 spiro atoms. The lowest BCUT2D eigenvalue weighted by atomic mass is 10.1. The number of nitriles is 1. The van der Waals surface area contributed by atoms with E-state index in [1.165, 1.54) is 0 Å². The Kier molecular flexibility index (Phi) is 6.01. The van der Waals surface area contributed by atoms with Gasteiger partial charge in [-0.2, -0.15) is 5.26 Å². The van der Waals surface area contributed by atoms with Crippen LogP contribution >= 0.6 is 0 Å². The number of amidine groups is 1. The zero-order valence-corrected chi connectivity index (χ0v) is 18.7. The Labute approximate surface area is 202 Å². The molecule has 2 aromatic heterocycles. The second-order valence-corrected chi connectivity index (χ2v) is 7.83. The number of hydrogen-bond acceptors (Lipinski definition) is 6. The number of fused-ring (bicyclic) bond motifs is 1. The van der Waals surface area contributed by atoms with Gasteiger partial charge in [-0.25, -0.2) is 4.98 Å². The van der Waals surface area contributed by atoms with E-state index in [4.69, 9.17) is 5.41 Å². The van der Waals surface area contributed by atoms with E-state index in [-0.39, 0.29) is 0 Å². The molecule has 4 N–H and O–H groups in total. The highest BCUT2D eigenvalue weighted by Gasteiger charge is 2.07. The van der Waals surface area contributed by atoms with Crippen LogP contribution in [-0.2, 0) is 0 Å². The fourth-order valence-corrected chi connectivity index (χ4v) is 3.68. The Bertz CT molecular complexity index is 1540. The highest BCUT2D eigenvalue weighted by molar-refractivity contribution is 6.06. The van der Waals surface area contributed by atoms with Crippen molar-refractivity contribution < 1.29 is 0 Å². The van der Waals surface area contributed by atoms with Gasteiger partial charge < -0.3 is 16.0 Å². The Hall–Kier alpha value is -5.22. The number of pyridine rings is 2. The van der Waals surface area contributed by atoms with Crippen molar-refractivity contribution in [3.8, 4) is 6.07 Å². The van der Waals surface area contributed by atoms with Gasteiger partial charge in [0, 0.05) is 46.1 Å². The minimum absolute atomic E-state index is 0.295. The van der Waals surface area contributed by atoms with Gasteiger partial charge in [-0.05, 0) is 72.8 Å². The van der Waals surface area contributed by atoms with Crippen molar-refractivity contribution in [3.63, 3.8) is 0 Å². The third-order valence-electron chi connectivity index (χ3n) is 5.39. The molecule has 7 nitrogen and oxygen atoms in total. The SMILES string of the molecule is N#Cc1ccc2cccc(Nc3ccc(C(=N)Nc4cccc(Nc5ccncc5)c4)cc3)c2n1. The molecule has 0 aliphatic carbocycles. The molecule has 35 heavy (non-hydrogen) atoms. The van der Waals surface area contributed by atoms with E-state index in [2.05, 4.69) is 32.0 Å². The number of nitrogens with one attached hydrogen (secondary N) is 4. The Morgan fingerprint density at radius 3 is 2.29 bits per heavy atom. The summed E-state index contributed by atoms with van der Waals surface area (Å²) in [6, 6.07) is 30.7. The van der Waals surface area contributed by atoms with Crippen molar-refractivity contribution >= 4 is 45.2 Å². The maximum Gasteiger partial charge on any atom is 0.141 e. The summed E-state index contributed by atoms with van der Waals surface area (Å²) in [5.74, 6) is 0.295. The first-order valence-electron chi connectivity index (χ1n) is 11.0. The molecular weight excluding hydrogens is 434 g/mol. The maximum atomic E-state index is 9.18. The molecule has 0 amide bonds. The Morgan fingerprint density at radius 1 is 0.743 bits per heavy atom. The van der Waals surface area contributed by atoms with Crippen molar-refractivity contribution in [3.05, 3.63) is 115 Å². The van der Waals surface area contributed by atoms with Crippen LogP contribution in [0.1, 0.15) is 11.3 Å². The average molecular weight is 456 g/mol. The average Bonchev–Trinajstić information content (AvgIpc) is 2.90. The van der Waals surface area contributed by atoms with Crippen LogP contribution in [0.5, 0.6) is 0 Å². The molecule has 2 heterocycles. The summed E-state index contributed by atoms with van der Waals surface area (Å²) < 4.78 is 0. The van der Waals surface area contributed by atoms with Crippen LogP contribution in [0.3, 0.4) is 0 Å². The Morgan fingerprint density at radius 2 is 1.49 bits per heavy atom. The molecule has 0 radical (unpaired) electrons. The van der Waals surface area contributed by atoms with E-state index in [1.54, 1.807) is 18.5 Å². The molecule has 7 heteroatoms. The first-order valence-corrected chi connectivity index (χ1v) is 11.0. The fraction of sp³-hybridized carbons (Fsp3) is 0. The summed E-state index contributed by atoms with van der Waals surface area (Å²) in [5, 5.41) is 28.5. The molecule has 0 aliphatic rings. The number of hydrogen-bond donors (Lipinski definition) is 4. The number of para-hydroxylation sites is 1. The third kappa shape index (κ3) is 5.07. The summed E-state index contributed by atoms with van der Waals surface area (Å²) in [6.45, 7) is 0. The van der Waals surface area contributed by atoms with E-state index >= 15 is 0 Å². The molecule has 5 aromatic rings. The highest BCUT2D eigenvalue weighted by Crippen LogP contribution is 2.26. The van der Waals surface area contributed by atoms with Gasteiger partial charge in [0.05, 0.1) is 11.2 Å². The lowest BCUT2D eigenvalue weighted by Gasteiger charge is -2.12. The number of nitrogens with zero attached hydrogens (tertiary/aromatic N) is 3. The zero-order valence-electron chi connectivity index (χ0n) is 18.7. The van der Waals surface area contributed by atoms with Crippen LogP contribution < -0.4 is 16.0 Å². The Balaban J connectivity index is 1.28. The lowest BCUT2D eigenvalue weighted by molar-refractivity contribution is 1.32. The topological polar surface area (TPSA) is 110 Å². The predicted octanol–water partition coefficient (Wildman–Crippen LogP) is 6.43.